The molecule has 0 aliphatic carbocycles. The molecule has 0 radical (unpaired) electrons. The van der Waals surface area contributed by atoms with Crippen LogP contribution < -0.4 is 11.1 Å². The molecule has 0 unspecified atom stereocenters. The third kappa shape index (κ3) is 3.77. The number of hydrogen-bond donors (Lipinski definition) is 2. The van der Waals surface area contributed by atoms with Crippen LogP contribution in [0.2, 0.25) is 5.02 Å². The lowest BCUT2D eigenvalue weighted by Gasteiger charge is -2.04. The van der Waals surface area contributed by atoms with Crippen LogP contribution in [0.1, 0.15) is 10.4 Å². The van der Waals surface area contributed by atoms with Crippen molar-refractivity contribution in [1.82, 2.24) is 5.32 Å². The van der Waals surface area contributed by atoms with Gasteiger partial charge in [0, 0.05) is 10.0 Å². The lowest BCUT2D eigenvalue weighted by Crippen LogP contribution is -2.32. The molecule has 0 atom stereocenters. The Bertz CT molecular complexity index is 411. The lowest BCUT2D eigenvalue weighted by molar-refractivity contribution is 0.0959. The van der Waals surface area contributed by atoms with E-state index < -0.39 is 0 Å². The van der Waals surface area contributed by atoms with E-state index in [0.717, 1.165) is 4.47 Å². The van der Waals surface area contributed by atoms with Gasteiger partial charge in [0.25, 0.3) is 5.91 Å². The third-order valence-electron chi connectivity index (χ3n) is 1.60. The first-order valence-electron chi connectivity index (χ1n) is 4.02. The largest absolute Gasteiger partial charge is 0.392 e. The van der Waals surface area contributed by atoms with E-state index in [1.807, 2.05) is 0 Å². The van der Waals surface area contributed by atoms with Gasteiger partial charge in [-0.2, -0.15) is 0 Å². The van der Waals surface area contributed by atoms with E-state index >= 15 is 0 Å². The Hall–Kier alpha value is -0.650. The maximum Gasteiger partial charge on any atom is 0.251 e. The van der Waals surface area contributed by atoms with Crippen molar-refractivity contribution in [2.24, 2.45) is 5.73 Å². The Morgan fingerprint density at radius 3 is 2.80 bits per heavy atom. The van der Waals surface area contributed by atoms with E-state index in [1.54, 1.807) is 18.2 Å². The molecule has 15 heavy (non-hydrogen) atoms. The number of thiocarbonyl (C=S) groups is 1. The maximum atomic E-state index is 11.5. The third-order valence-corrected chi connectivity index (χ3v) is 2.98. The number of nitrogens with one attached hydrogen (secondary N) is 1. The average molecular weight is 308 g/mol. The van der Waals surface area contributed by atoms with Crippen molar-refractivity contribution < 1.29 is 4.79 Å². The Morgan fingerprint density at radius 2 is 2.27 bits per heavy atom. The Morgan fingerprint density at radius 1 is 1.60 bits per heavy atom. The van der Waals surface area contributed by atoms with Gasteiger partial charge in [0.2, 0.25) is 0 Å². The zero-order chi connectivity index (χ0) is 11.4. The Labute approximate surface area is 106 Å². The highest BCUT2D eigenvalue weighted by atomic mass is 79.9. The first kappa shape index (κ1) is 12.4. The number of benzene rings is 1. The molecule has 1 amide bonds. The van der Waals surface area contributed by atoms with E-state index in [1.165, 1.54) is 0 Å². The van der Waals surface area contributed by atoms with Gasteiger partial charge in [-0.1, -0.05) is 23.8 Å². The Kier molecular flexibility index (Phi) is 4.50. The summed E-state index contributed by atoms with van der Waals surface area (Å²) in [5.41, 5.74) is 5.73. The van der Waals surface area contributed by atoms with Crippen LogP contribution in [-0.4, -0.2) is 17.4 Å². The van der Waals surface area contributed by atoms with Crippen LogP contribution in [-0.2, 0) is 0 Å². The molecular formula is C9H8BrClN2OS. The van der Waals surface area contributed by atoms with Crippen molar-refractivity contribution in [2.75, 3.05) is 6.54 Å². The fourth-order valence-electron chi connectivity index (χ4n) is 0.907. The highest BCUT2D eigenvalue weighted by Crippen LogP contribution is 2.22. The lowest BCUT2D eigenvalue weighted by atomic mass is 10.2. The summed E-state index contributed by atoms with van der Waals surface area (Å²) in [5, 5.41) is 3.05. The van der Waals surface area contributed by atoms with E-state index in [2.05, 4.69) is 33.5 Å². The molecule has 6 heteroatoms. The molecule has 0 saturated carbocycles. The van der Waals surface area contributed by atoms with Gasteiger partial charge in [-0.05, 0) is 34.1 Å². The van der Waals surface area contributed by atoms with Crippen molar-refractivity contribution in [3.05, 3.63) is 33.3 Å². The minimum atomic E-state index is -0.253. The molecular weight excluding hydrogens is 300 g/mol. The summed E-state index contributed by atoms with van der Waals surface area (Å²) in [6.07, 6.45) is 0. The van der Waals surface area contributed by atoms with E-state index in [-0.39, 0.29) is 17.4 Å². The minimum absolute atomic E-state index is 0.182. The SMILES string of the molecule is NC(=S)CNC(=O)c1ccc(Br)c(Cl)c1. The van der Waals surface area contributed by atoms with Crippen molar-refractivity contribution in [3.8, 4) is 0 Å². The van der Waals surface area contributed by atoms with Crippen molar-refractivity contribution in [1.29, 1.82) is 0 Å². The predicted molar refractivity (Wildman–Crippen MR) is 68.3 cm³/mol. The quantitative estimate of drug-likeness (QED) is 0.841. The van der Waals surface area contributed by atoms with Gasteiger partial charge in [0.05, 0.1) is 16.6 Å². The molecule has 0 aromatic heterocycles. The van der Waals surface area contributed by atoms with Crippen LogP contribution in [0, 0.1) is 0 Å². The molecule has 1 aromatic carbocycles. The first-order chi connectivity index (χ1) is 7.00. The molecule has 1 aromatic rings. The van der Waals surface area contributed by atoms with Crippen molar-refractivity contribution in [2.45, 2.75) is 0 Å². The summed E-state index contributed by atoms with van der Waals surface area (Å²) in [4.78, 5) is 11.8. The second-order valence-electron chi connectivity index (χ2n) is 2.78. The molecule has 3 nitrogen and oxygen atoms in total. The summed E-state index contributed by atoms with van der Waals surface area (Å²) in [6.45, 7) is 0.182. The molecule has 3 N–H and O–H groups in total. The smallest absolute Gasteiger partial charge is 0.251 e. The van der Waals surface area contributed by atoms with Crippen LogP contribution in [0.3, 0.4) is 0 Å². The number of rotatable bonds is 3. The molecule has 1 rings (SSSR count). The number of amides is 1. The molecule has 0 spiro atoms. The summed E-state index contributed by atoms with van der Waals surface area (Å²) in [7, 11) is 0. The fourth-order valence-corrected chi connectivity index (χ4v) is 1.41. The van der Waals surface area contributed by atoms with Crippen LogP contribution in [0.4, 0.5) is 0 Å². The van der Waals surface area contributed by atoms with Gasteiger partial charge in [-0.3, -0.25) is 4.79 Å². The monoisotopic (exact) mass is 306 g/mol. The van der Waals surface area contributed by atoms with Crippen molar-refractivity contribution >= 4 is 50.6 Å². The molecule has 0 aliphatic heterocycles. The molecule has 80 valence electrons. The van der Waals surface area contributed by atoms with Gasteiger partial charge in [0.15, 0.2) is 0 Å². The van der Waals surface area contributed by atoms with E-state index in [4.69, 9.17) is 17.3 Å². The highest BCUT2D eigenvalue weighted by Gasteiger charge is 2.07. The van der Waals surface area contributed by atoms with E-state index in [9.17, 15) is 4.79 Å². The number of carbonyl (C=O) groups is 1. The zero-order valence-electron chi connectivity index (χ0n) is 7.59. The molecule has 0 bridgehead atoms. The average Bonchev–Trinajstić information content (AvgIpc) is 2.18. The standard InChI is InChI=1S/C9H8BrClN2OS/c10-6-2-1-5(3-7(6)11)9(14)13-4-8(12)15/h1-3H,4H2,(H2,12,15)(H,13,14). The highest BCUT2D eigenvalue weighted by molar-refractivity contribution is 9.10. The Balaban J connectivity index is 2.74. The van der Waals surface area contributed by atoms with Gasteiger partial charge in [0.1, 0.15) is 0 Å². The molecule has 0 fully saturated rings. The predicted octanol–water partition coefficient (Wildman–Crippen LogP) is 2.12. The summed E-state index contributed by atoms with van der Waals surface area (Å²) >= 11 is 13.7. The van der Waals surface area contributed by atoms with Gasteiger partial charge in [-0.25, -0.2) is 0 Å². The van der Waals surface area contributed by atoms with Crippen LogP contribution >= 0.6 is 39.7 Å². The summed E-state index contributed by atoms with van der Waals surface area (Å²) in [5.74, 6) is -0.253. The van der Waals surface area contributed by atoms with Crippen LogP contribution in [0.5, 0.6) is 0 Å². The fraction of sp³-hybridized carbons (Fsp3) is 0.111. The van der Waals surface area contributed by atoms with Crippen LogP contribution in [0.25, 0.3) is 0 Å². The number of nitrogens with two attached hydrogens (primary N) is 1. The van der Waals surface area contributed by atoms with Gasteiger partial charge in [-0.15, -0.1) is 0 Å². The normalized spacial score (nSPS) is 9.73. The number of carbonyl (C=O) groups excluding carboxylic acids is 1. The first-order valence-corrected chi connectivity index (χ1v) is 5.60. The van der Waals surface area contributed by atoms with Gasteiger partial charge < -0.3 is 11.1 Å². The second-order valence-corrected chi connectivity index (χ2v) is 4.56. The number of hydrogen-bond acceptors (Lipinski definition) is 2. The minimum Gasteiger partial charge on any atom is -0.392 e. The molecule has 0 aliphatic rings. The van der Waals surface area contributed by atoms with E-state index in [0.29, 0.717) is 10.6 Å². The zero-order valence-corrected chi connectivity index (χ0v) is 10.7. The summed E-state index contributed by atoms with van der Waals surface area (Å²) < 4.78 is 0.745. The van der Waals surface area contributed by atoms with Gasteiger partial charge >= 0.3 is 0 Å². The van der Waals surface area contributed by atoms with Crippen LogP contribution in [0.15, 0.2) is 22.7 Å². The van der Waals surface area contributed by atoms with Crippen molar-refractivity contribution in [3.63, 3.8) is 0 Å². The molecule has 0 heterocycles. The summed E-state index contributed by atoms with van der Waals surface area (Å²) in [6, 6.07) is 4.93. The topological polar surface area (TPSA) is 55.1 Å². The maximum absolute atomic E-state index is 11.5. The molecule has 0 saturated heterocycles. The second kappa shape index (κ2) is 5.44. The number of halogens is 2.